The van der Waals surface area contributed by atoms with Crippen LogP contribution in [0.2, 0.25) is 10.0 Å². The van der Waals surface area contributed by atoms with Crippen molar-refractivity contribution in [3.63, 3.8) is 0 Å². The first-order chi connectivity index (χ1) is 17.1. The number of rotatable bonds is 5. The van der Waals surface area contributed by atoms with Crippen molar-refractivity contribution in [3.8, 4) is 0 Å². The maximum Gasteiger partial charge on any atom is 0.428 e. The first-order valence-corrected chi connectivity index (χ1v) is 12.5. The molecular formula is C22H16Cl2F7N3O2S. The number of carbonyl (C=O) groups is 1. The van der Waals surface area contributed by atoms with E-state index in [9.17, 15) is 31.1 Å². The monoisotopic (exact) mass is 589 g/mol. The lowest BCUT2D eigenvalue weighted by Gasteiger charge is -2.43. The van der Waals surface area contributed by atoms with E-state index in [1.165, 1.54) is 28.8 Å². The summed E-state index contributed by atoms with van der Waals surface area (Å²) in [5, 5.41) is -1.69. The molecular weight excluding hydrogens is 574 g/mol. The van der Waals surface area contributed by atoms with Crippen LogP contribution in [0.1, 0.15) is 22.4 Å². The van der Waals surface area contributed by atoms with Gasteiger partial charge >= 0.3 is 12.4 Å². The third-order valence-corrected chi connectivity index (χ3v) is 7.23. The molecule has 0 spiro atoms. The number of halogens is 9. The number of amides is 1. The topological polar surface area (TPSA) is 54.5 Å². The molecule has 1 fully saturated rings. The fourth-order valence-electron chi connectivity index (χ4n) is 3.93. The minimum atomic E-state index is -5.23. The maximum absolute atomic E-state index is 15.1. The lowest BCUT2D eigenvalue weighted by atomic mass is 9.89. The second-order valence-corrected chi connectivity index (χ2v) is 10.0. The zero-order valence-corrected chi connectivity index (χ0v) is 20.9. The number of carbonyl (C=O) groups excluding carboxylic acids is 1. The number of hydrogen-bond donors (Lipinski definition) is 1. The first-order valence-electron chi connectivity index (χ1n) is 10.3. The Morgan fingerprint density at radius 1 is 1.19 bits per heavy atom. The predicted octanol–water partition coefficient (Wildman–Crippen LogP) is 6.11. The predicted molar refractivity (Wildman–Crippen MR) is 123 cm³/mol. The fraction of sp³-hybridized carbons (Fsp3) is 0.364. The molecule has 1 unspecified atom stereocenters. The number of hydrogen-bond acceptors (Lipinski definition) is 5. The lowest BCUT2D eigenvalue weighted by molar-refractivity contribution is -0.269. The van der Waals surface area contributed by atoms with Crippen LogP contribution >= 0.6 is 35.0 Å². The number of hydroxylamine groups is 1. The molecule has 1 aromatic heterocycles. The van der Waals surface area contributed by atoms with Gasteiger partial charge in [-0.15, -0.1) is 0 Å². The van der Waals surface area contributed by atoms with Gasteiger partial charge < -0.3 is 4.90 Å². The molecule has 1 N–H and O–H groups in total. The highest BCUT2D eigenvalue weighted by Crippen LogP contribution is 2.50. The highest BCUT2D eigenvalue weighted by Gasteiger charge is 2.60. The average Bonchev–Trinajstić information content (AvgIpc) is 3.25. The third-order valence-electron chi connectivity index (χ3n) is 5.89. The fourth-order valence-corrected chi connectivity index (χ4v) is 4.79. The Hall–Kier alpha value is -2.22. The van der Waals surface area contributed by atoms with Crippen LogP contribution in [0.5, 0.6) is 0 Å². The Kier molecular flexibility index (Phi) is 7.15. The van der Waals surface area contributed by atoms with Crippen molar-refractivity contribution in [2.75, 3.05) is 25.1 Å². The molecule has 4 rings (SSSR count). The Balaban J connectivity index is 1.65. The summed E-state index contributed by atoms with van der Waals surface area (Å²) < 4.78 is 97.9. The molecule has 0 saturated carbocycles. The van der Waals surface area contributed by atoms with Crippen molar-refractivity contribution < 1.29 is 40.4 Å². The van der Waals surface area contributed by atoms with Crippen LogP contribution in [0.3, 0.4) is 0 Å². The van der Waals surface area contributed by atoms with Gasteiger partial charge in [-0.05, 0) is 36.6 Å². The van der Waals surface area contributed by atoms with Crippen molar-refractivity contribution in [2.45, 2.75) is 23.6 Å². The number of thioether (sulfide) groups is 1. The molecule has 0 radical (unpaired) electrons. The minimum absolute atomic E-state index is 0.0228. The summed E-state index contributed by atoms with van der Waals surface area (Å²) >= 11 is 12.6. The molecule has 2 aromatic rings. The second kappa shape index (κ2) is 9.51. The van der Waals surface area contributed by atoms with Gasteiger partial charge in [-0.2, -0.15) is 38.1 Å². The van der Waals surface area contributed by atoms with Crippen molar-refractivity contribution in [2.24, 2.45) is 0 Å². The van der Waals surface area contributed by atoms with Gasteiger partial charge in [0.1, 0.15) is 0 Å². The van der Waals surface area contributed by atoms with Crippen LogP contribution in [-0.4, -0.2) is 47.1 Å². The number of pyridine rings is 1. The number of alkyl halides is 7. The van der Waals surface area contributed by atoms with Crippen LogP contribution in [-0.2, 0) is 27.1 Å². The Labute approximate surface area is 219 Å². The minimum Gasteiger partial charge on any atom is -0.335 e. The number of nitrogens with one attached hydrogen (secondary N) is 1. The van der Waals surface area contributed by atoms with E-state index in [0.717, 1.165) is 6.20 Å². The molecule has 2 aliphatic rings. The van der Waals surface area contributed by atoms with E-state index >= 15 is 4.39 Å². The normalized spacial score (nSPS) is 21.4. The van der Waals surface area contributed by atoms with E-state index in [0.29, 0.717) is 12.1 Å². The molecule has 0 bridgehead atoms. The molecule has 3 heterocycles. The van der Waals surface area contributed by atoms with Gasteiger partial charge in [0.15, 0.2) is 5.67 Å². The number of aromatic nitrogens is 1. The van der Waals surface area contributed by atoms with Gasteiger partial charge in [0.2, 0.25) is 11.5 Å². The van der Waals surface area contributed by atoms with Gasteiger partial charge in [-0.1, -0.05) is 23.2 Å². The standard InChI is InChI=1S/C22H16Cl2F7N3O2S/c1-37-8-17(35)34-9-19(25,10-34)16-3-2-11(7-32-16)15-6-20(36-33-15,22(29,30)31)12-4-13(21(26,27)28)18(24)14(23)5-12/h2-7,33H,8-10H2,1H3. The smallest absolute Gasteiger partial charge is 0.335 e. The molecule has 15 heteroatoms. The van der Waals surface area contributed by atoms with E-state index in [2.05, 4.69) is 10.5 Å². The molecule has 1 atom stereocenters. The average molecular weight is 590 g/mol. The van der Waals surface area contributed by atoms with Crippen LogP contribution in [0.25, 0.3) is 5.70 Å². The van der Waals surface area contributed by atoms with Gasteiger partial charge in [0.05, 0.1) is 45.8 Å². The van der Waals surface area contributed by atoms with E-state index in [4.69, 9.17) is 28.0 Å². The SMILES string of the molecule is CSCC(=O)N1CC(F)(c2ccc(C3=CC(c4cc(Cl)c(Cl)c(C(F)(F)F)c4)(C(F)(F)F)ON3)cn2)C1. The van der Waals surface area contributed by atoms with Gasteiger partial charge in [-0.25, -0.2) is 4.39 Å². The van der Waals surface area contributed by atoms with E-state index in [-0.39, 0.29) is 47.8 Å². The summed E-state index contributed by atoms with van der Waals surface area (Å²) in [5.74, 6) is -0.0266. The number of benzene rings is 1. The summed E-state index contributed by atoms with van der Waals surface area (Å²) in [6, 6.07) is 3.39. The largest absolute Gasteiger partial charge is 0.428 e. The quantitative estimate of drug-likeness (QED) is 0.426. The summed E-state index contributed by atoms with van der Waals surface area (Å²) in [6.45, 7) is -0.419. The van der Waals surface area contributed by atoms with Crippen molar-refractivity contribution in [1.82, 2.24) is 15.4 Å². The van der Waals surface area contributed by atoms with Crippen molar-refractivity contribution in [1.29, 1.82) is 0 Å². The molecule has 1 amide bonds. The number of likely N-dealkylation sites (tertiary alicyclic amines) is 1. The summed E-state index contributed by atoms with van der Waals surface area (Å²) in [7, 11) is 0. The van der Waals surface area contributed by atoms with Crippen LogP contribution in [0.4, 0.5) is 30.7 Å². The van der Waals surface area contributed by atoms with Crippen LogP contribution < -0.4 is 5.48 Å². The van der Waals surface area contributed by atoms with Gasteiger partial charge in [0, 0.05) is 17.3 Å². The molecule has 1 saturated heterocycles. The van der Waals surface area contributed by atoms with Crippen LogP contribution in [0.15, 0.2) is 36.5 Å². The van der Waals surface area contributed by atoms with Gasteiger partial charge in [0.25, 0.3) is 0 Å². The molecule has 200 valence electrons. The second-order valence-electron chi connectivity index (χ2n) is 8.39. The number of nitrogens with zero attached hydrogens (tertiary/aromatic N) is 2. The highest BCUT2D eigenvalue weighted by atomic mass is 35.5. The zero-order valence-electron chi connectivity index (χ0n) is 18.6. The van der Waals surface area contributed by atoms with Crippen LogP contribution in [0, 0.1) is 0 Å². The zero-order chi connectivity index (χ0) is 27.4. The van der Waals surface area contributed by atoms with E-state index < -0.39 is 44.8 Å². The molecule has 1 aromatic carbocycles. The Morgan fingerprint density at radius 3 is 2.41 bits per heavy atom. The Bertz CT molecular complexity index is 1250. The summed E-state index contributed by atoms with van der Waals surface area (Å²) in [5.41, 5.74) is -5.94. The summed E-state index contributed by atoms with van der Waals surface area (Å²) in [4.78, 5) is 22.0. The third kappa shape index (κ3) is 4.98. The van der Waals surface area contributed by atoms with Gasteiger partial charge in [-0.3, -0.25) is 20.1 Å². The summed E-state index contributed by atoms with van der Waals surface area (Å²) in [6.07, 6.45) is -6.94. The molecule has 37 heavy (non-hydrogen) atoms. The first kappa shape index (κ1) is 27.8. The van der Waals surface area contributed by atoms with E-state index in [1.54, 1.807) is 6.26 Å². The lowest BCUT2D eigenvalue weighted by Crippen LogP contribution is -2.59. The van der Waals surface area contributed by atoms with Crippen molar-refractivity contribution in [3.05, 3.63) is 69.0 Å². The Morgan fingerprint density at radius 2 is 1.86 bits per heavy atom. The molecule has 5 nitrogen and oxygen atoms in total. The highest BCUT2D eigenvalue weighted by molar-refractivity contribution is 7.99. The molecule has 2 aliphatic heterocycles. The molecule has 0 aliphatic carbocycles. The van der Waals surface area contributed by atoms with Crippen molar-refractivity contribution >= 4 is 46.6 Å². The maximum atomic E-state index is 15.1. The van der Waals surface area contributed by atoms with E-state index in [1.807, 2.05) is 0 Å².